The Balaban J connectivity index is 2.33. The number of alkyl halides is 1. The summed E-state index contributed by atoms with van der Waals surface area (Å²) in [5.74, 6) is 0.382. The molecule has 7 heteroatoms. The molecule has 1 aliphatic rings. The van der Waals surface area contributed by atoms with E-state index in [2.05, 4.69) is 27.8 Å². The van der Waals surface area contributed by atoms with Crippen molar-refractivity contribution in [3.63, 3.8) is 0 Å². The fourth-order valence-corrected chi connectivity index (χ4v) is 5.03. The number of aromatic nitrogens is 2. The summed E-state index contributed by atoms with van der Waals surface area (Å²) < 4.78 is 28.0. The number of hydrogen-bond acceptors (Lipinski definition) is 3. The molecule has 17 heavy (non-hydrogen) atoms. The molecule has 2 unspecified atom stereocenters. The molecule has 0 aromatic carbocycles. The Morgan fingerprint density at radius 3 is 2.82 bits per heavy atom. The maximum Gasteiger partial charge on any atom is 0.262 e. The van der Waals surface area contributed by atoms with Crippen LogP contribution in [0.2, 0.25) is 0 Å². The zero-order valence-electron chi connectivity index (χ0n) is 9.88. The van der Waals surface area contributed by atoms with Crippen molar-refractivity contribution in [2.45, 2.75) is 24.4 Å². The van der Waals surface area contributed by atoms with Gasteiger partial charge in [-0.15, -0.1) is 0 Å². The van der Waals surface area contributed by atoms with E-state index in [-0.39, 0.29) is 11.1 Å². The molecule has 0 bridgehead atoms. The van der Waals surface area contributed by atoms with E-state index in [9.17, 15) is 8.42 Å². The molecular formula is C10H16BrN3O2S. The monoisotopic (exact) mass is 321 g/mol. The Bertz CT molecular complexity index is 499. The molecule has 1 fully saturated rings. The lowest BCUT2D eigenvalue weighted by Gasteiger charge is -2.23. The number of sulfonamides is 1. The van der Waals surface area contributed by atoms with Crippen LogP contribution in [0.5, 0.6) is 0 Å². The van der Waals surface area contributed by atoms with Crippen LogP contribution >= 0.6 is 15.9 Å². The molecule has 1 saturated heterocycles. The third kappa shape index (κ3) is 2.28. The first-order chi connectivity index (χ1) is 7.96. The quantitative estimate of drug-likeness (QED) is 0.786. The van der Waals surface area contributed by atoms with Gasteiger partial charge in [0, 0.05) is 31.2 Å². The van der Waals surface area contributed by atoms with Crippen LogP contribution < -0.4 is 0 Å². The second kappa shape index (κ2) is 4.70. The van der Waals surface area contributed by atoms with E-state index < -0.39 is 10.0 Å². The van der Waals surface area contributed by atoms with Gasteiger partial charge in [0.1, 0.15) is 0 Å². The molecular weight excluding hydrogens is 306 g/mol. The Labute approximate surface area is 110 Å². The number of rotatable bonds is 3. The summed E-state index contributed by atoms with van der Waals surface area (Å²) in [6.45, 7) is 2.66. The van der Waals surface area contributed by atoms with Crippen LogP contribution in [0.25, 0.3) is 0 Å². The number of halogens is 1. The summed E-state index contributed by atoms with van der Waals surface area (Å²) in [6, 6.07) is 0.0296. The van der Waals surface area contributed by atoms with E-state index in [1.54, 1.807) is 22.1 Å². The lowest BCUT2D eigenvalue weighted by Crippen LogP contribution is -2.38. The first-order valence-electron chi connectivity index (χ1n) is 5.52. The Morgan fingerprint density at radius 2 is 2.29 bits per heavy atom. The first-order valence-corrected chi connectivity index (χ1v) is 8.08. The summed E-state index contributed by atoms with van der Waals surface area (Å²) >= 11 is 3.40. The Hall–Kier alpha value is -0.400. The molecule has 1 aliphatic heterocycles. The van der Waals surface area contributed by atoms with Gasteiger partial charge in [-0.2, -0.15) is 4.31 Å². The van der Waals surface area contributed by atoms with Gasteiger partial charge in [0.25, 0.3) is 10.0 Å². The highest BCUT2D eigenvalue weighted by Gasteiger charge is 2.39. The minimum atomic E-state index is -3.44. The number of nitrogens with zero attached hydrogens (tertiary/aromatic N) is 3. The standard InChI is InChI=1S/C10H16BrN3O2S/c1-8-3-4-14(9(8)5-11)17(15,16)10-6-13(2)7-12-10/h6-9H,3-5H2,1-2H3. The van der Waals surface area contributed by atoms with Crippen LogP contribution in [-0.2, 0) is 17.1 Å². The van der Waals surface area contributed by atoms with Crippen LogP contribution in [0.4, 0.5) is 0 Å². The molecule has 96 valence electrons. The fraction of sp³-hybridized carbons (Fsp3) is 0.700. The lowest BCUT2D eigenvalue weighted by atomic mass is 10.1. The maximum atomic E-state index is 12.4. The highest BCUT2D eigenvalue weighted by Crippen LogP contribution is 2.30. The lowest BCUT2D eigenvalue weighted by molar-refractivity contribution is 0.377. The number of hydrogen-bond donors (Lipinski definition) is 0. The van der Waals surface area contributed by atoms with Gasteiger partial charge in [0.05, 0.1) is 6.33 Å². The molecule has 1 aromatic heterocycles. The van der Waals surface area contributed by atoms with Crippen molar-refractivity contribution in [2.24, 2.45) is 13.0 Å². The van der Waals surface area contributed by atoms with E-state index in [4.69, 9.17) is 0 Å². The molecule has 0 saturated carbocycles. The van der Waals surface area contributed by atoms with Crippen molar-refractivity contribution < 1.29 is 8.42 Å². The van der Waals surface area contributed by atoms with Crippen molar-refractivity contribution in [2.75, 3.05) is 11.9 Å². The second-order valence-electron chi connectivity index (χ2n) is 4.48. The highest BCUT2D eigenvalue weighted by molar-refractivity contribution is 9.09. The highest BCUT2D eigenvalue weighted by atomic mass is 79.9. The van der Waals surface area contributed by atoms with Gasteiger partial charge in [-0.1, -0.05) is 22.9 Å². The molecule has 2 heterocycles. The zero-order valence-corrected chi connectivity index (χ0v) is 12.3. The SMILES string of the molecule is CC1CCN(S(=O)(=O)c2cn(C)cn2)C1CBr. The largest absolute Gasteiger partial charge is 0.339 e. The average molecular weight is 322 g/mol. The summed E-state index contributed by atoms with van der Waals surface area (Å²) in [6.07, 6.45) is 3.96. The van der Waals surface area contributed by atoms with Gasteiger partial charge in [-0.25, -0.2) is 13.4 Å². The molecule has 0 aliphatic carbocycles. The molecule has 2 rings (SSSR count). The van der Waals surface area contributed by atoms with E-state index >= 15 is 0 Å². The predicted octanol–water partition coefficient (Wildman–Crippen LogP) is 1.21. The molecule has 1 aromatic rings. The number of imidazole rings is 1. The van der Waals surface area contributed by atoms with Crippen molar-refractivity contribution >= 4 is 26.0 Å². The van der Waals surface area contributed by atoms with Gasteiger partial charge < -0.3 is 4.57 Å². The van der Waals surface area contributed by atoms with Gasteiger partial charge in [0.15, 0.2) is 5.03 Å². The van der Waals surface area contributed by atoms with Crippen LogP contribution in [0, 0.1) is 5.92 Å². The fourth-order valence-electron chi connectivity index (χ4n) is 2.14. The number of aryl methyl sites for hydroxylation is 1. The summed E-state index contributed by atoms with van der Waals surface area (Å²) in [4.78, 5) is 3.94. The zero-order chi connectivity index (χ0) is 12.6. The normalized spacial score (nSPS) is 26.5. The minimum Gasteiger partial charge on any atom is -0.339 e. The van der Waals surface area contributed by atoms with Gasteiger partial charge >= 0.3 is 0 Å². The third-order valence-electron chi connectivity index (χ3n) is 3.24. The Morgan fingerprint density at radius 1 is 1.59 bits per heavy atom. The maximum absolute atomic E-state index is 12.4. The molecule has 0 N–H and O–H groups in total. The minimum absolute atomic E-state index is 0.0296. The predicted molar refractivity (Wildman–Crippen MR) is 68.5 cm³/mol. The van der Waals surface area contributed by atoms with E-state index in [0.717, 1.165) is 6.42 Å². The van der Waals surface area contributed by atoms with Gasteiger partial charge in [0.2, 0.25) is 0 Å². The molecule has 0 amide bonds. The van der Waals surface area contributed by atoms with Crippen molar-refractivity contribution in [3.05, 3.63) is 12.5 Å². The van der Waals surface area contributed by atoms with Crippen LogP contribution in [-0.4, -0.2) is 40.2 Å². The van der Waals surface area contributed by atoms with E-state index in [1.165, 1.54) is 6.33 Å². The van der Waals surface area contributed by atoms with Crippen molar-refractivity contribution in [3.8, 4) is 0 Å². The topological polar surface area (TPSA) is 55.2 Å². The van der Waals surface area contributed by atoms with Crippen LogP contribution in [0.15, 0.2) is 17.6 Å². The average Bonchev–Trinajstić information content (AvgIpc) is 2.84. The molecule has 0 radical (unpaired) electrons. The van der Waals surface area contributed by atoms with E-state index in [0.29, 0.717) is 17.8 Å². The van der Waals surface area contributed by atoms with Crippen molar-refractivity contribution in [1.29, 1.82) is 0 Å². The summed E-state index contributed by atoms with van der Waals surface area (Å²) in [7, 11) is -1.68. The second-order valence-corrected chi connectivity index (χ2v) is 6.97. The van der Waals surface area contributed by atoms with Gasteiger partial charge in [-0.05, 0) is 12.3 Å². The van der Waals surface area contributed by atoms with Crippen LogP contribution in [0.3, 0.4) is 0 Å². The molecule has 0 spiro atoms. The molecule has 5 nitrogen and oxygen atoms in total. The first kappa shape index (κ1) is 13.0. The summed E-state index contributed by atoms with van der Waals surface area (Å²) in [5, 5.41) is 0.806. The smallest absolute Gasteiger partial charge is 0.262 e. The molecule has 2 atom stereocenters. The Kier molecular flexibility index (Phi) is 3.61. The third-order valence-corrected chi connectivity index (χ3v) is 5.72. The summed E-state index contributed by atoms with van der Waals surface area (Å²) in [5.41, 5.74) is 0. The van der Waals surface area contributed by atoms with E-state index in [1.807, 2.05) is 0 Å². The van der Waals surface area contributed by atoms with Gasteiger partial charge in [-0.3, -0.25) is 0 Å². The van der Waals surface area contributed by atoms with Crippen LogP contribution in [0.1, 0.15) is 13.3 Å². The van der Waals surface area contributed by atoms with Crippen molar-refractivity contribution in [1.82, 2.24) is 13.9 Å².